The Labute approximate surface area is 141 Å². The van der Waals surface area contributed by atoms with Gasteiger partial charge in [0.05, 0.1) is 0 Å². The third kappa shape index (κ3) is 6.61. The Balaban J connectivity index is 1.72. The fourth-order valence-electron chi connectivity index (χ4n) is 2.97. The van der Waals surface area contributed by atoms with Crippen LogP contribution in [0.3, 0.4) is 0 Å². The van der Waals surface area contributed by atoms with Gasteiger partial charge in [-0.1, -0.05) is 37.3 Å². The van der Waals surface area contributed by atoms with Crippen molar-refractivity contribution >= 4 is 5.96 Å². The molecule has 0 bridgehead atoms. The van der Waals surface area contributed by atoms with Crippen LogP contribution >= 0.6 is 0 Å². The van der Waals surface area contributed by atoms with E-state index in [2.05, 4.69) is 59.7 Å². The molecule has 23 heavy (non-hydrogen) atoms. The monoisotopic (exact) mass is 316 g/mol. The second-order valence-corrected chi connectivity index (χ2v) is 6.36. The minimum Gasteiger partial charge on any atom is -0.357 e. The highest BCUT2D eigenvalue weighted by Gasteiger charge is 2.10. The number of likely N-dealkylation sites (tertiary alicyclic amines) is 1. The minimum atomic E-state index is 0.441. The largest absolute Gasteiger partial charge is 0.357 e. The van der Waals surface area contributed by atoms with E-state index in [9.17, 15) is 0 Å². The molecular formula is C19H32N4. The van der Waals surface area contributed by atoms with E-state index in [1.807, 2.05) is 0 Å². The third-order valence-corrected chi connectivity index (χ3v) is 4.38. The van der Waals surface area contributed by atoms with Crippen LogP contribution < -0.4 is 10.6 Å². The highest BCUT2D eigenvalue weighted by Crippen LogP contribution is 2.14. The number of rotatable bonds is 8. The smallest absolute Gasteiger partial charge is 0.191 e. The summed E-state index contributed by atoms with van der Waals surface area (Å²) in [5.74, 6) is 1.38. The highest BCUT2D eigenvalue weighted by atomic mass is 15.2. The van der Waals surface area contributed by atoms with E-state index >= 15 is 0 Å². The molecule has 0 spiro atoms. The first-order chi connectivity index (χ1) is 11.3. The van der Waals surface area contributed by atoms with Crippen LogP contribution in [-0.2, 0) is 0 Å². The lowest BCUT2D eigenvalue weighted by atomic mass is 10.0. The minimum absolute atomic E-state index is 0.441. The van der Waals surface area contributed by atoms with Gasteiger partial charge in [0, 0.05) is 25.6 Å². The molecule has 1 aliphatic heterocycles. The first-order valence-electron chi connectivity index (χ1n) is 9.09. The summed E-state index contributed by atoms with van der Waals surface area (Å²) in [6.45, 7) is 10.8. The Bertz CT molecular complexity index is 452. The molecule has 128 valence electrons. The molecule has 4 nitrogen and oxygen atoms in total. The second kappa shape index (κ2) is 10.3. The van der Waals surface area contributed by atoms with Gasteiger partial charge in [0.25, 0.3) is 0 Å². The van der Waals surface area contributed by atoms with Crippen LogP contribution in [-0.4, -0.2) is 50.1 Å². The molecule has 0 radical (unpaired) electrons. The Morgan fingerprint density at radius 1 is 1.17 bits per heavy atom. The van der Waals surface area contributed by atoms with E-state index < -0.39 is 0 Å². The maximum Gasteiger partial charge on any atom is 0.191 e. The molecule has 0 saturated carbocycles. The number of nitrogens with zero attached hydrogens (tertiary/aromatic N) is 2. The van der Waals surface area contributed by atoms with Crippen molar-refractivity contribution in [3.8, 4) is 0 Å². The van der Waals surface area contributed by atoms with Gasteiger partial charge in [-0.3, -0.25) is 4.99 Å². The van der Waals surface area contributed by atoms with E-state index in [1.165, 1.54) is 44.5 Å². The van der Waals surface area contributed by atoms with E-state index in [0.29, 0.717) is 5.92 Å². The Morgan fingerprint density at radius 2 is 1.91 bits per heavy atom. The summed E-state index contributed by atoms with van der Waals surface area (Å²) in [5.41, 5.74) is 1.35. The van der Waals surface area contributed by atoms with Gasteiger partial charge in [0.1, 0.15) is 0 Å². The predicted molar refractivity (Wildman–Crippen MR) is 99.1 cm³/mol. The zero-order valence-electron chi connectivity index (χ0n) is 14.7. The maximum atomic E-state index is 4.74. The van der Waals surface area contributed by atoms with Gasteiger partial charge in [-0.2, -0.15) is 0 Å². The van der Waals surface area contributed by atoms with Crippen LogP contribution in [0.1, 0.15) is 44.6 Å². The highest BCUT2D eigenvalue weighted by molar-refractivity contribution is 5.79. The van der Waals surface area contributed by atoms with Gasteiger partial charge in [0.15, 0.2) is 5.96 Å². The summed E-state index contributed by atoms with van der Waals surface area (Å²) < 4.78 is 0. The molecule has 1 heterocycles. The normalized spacial score (nSPS) is 17.2. The first-order valence-corrected chi connectivity index (χ1v) is 9.09. The summed E-state index contributed by atoms with van der Waals surface area (Å²) in [4.78, 5) is 7.30. The van der Waals surface area contributed by atoms with Gasteiger partial charge in [-0.25, -0.2) is 0 Å². The van der Waals surface area contributed by atoms with Crippen LogP contribution in [0.15, 0.2) is 35.3 Å². The molecule has 0 amide bonds. The van der Waals surface area contributed by atoms with Crippen LogP contribution in [0.5, 0.6) is 0 Å². The number of nitrogens with one attached hydrogen (secondary N) is 2. The van der Waals surface area contributed by atoms with Gasteiger partial charge >= 0.3 is 0 Å². The van der Waals surface area contributed by atoms with Crippen molar-refractivity contribution in [2.75, 3.05) is 39.3 Å². The van der Waals surface area contributed by atoms with Crippen molar-refractivity contribution < 1.29 is 0 Å². The van der Waals surface area contributed by atoms with Gasteiger partial charge in [-0.05, 0) is 51.4 Å². The molecule has 1 aliphatic rings. The second-order valence-electron chi connectivity index (χ2n) is 6.36. The lowest BCUT2D eigenvalue weighted by Crippen LogP contribution is -2.39. The van der Waals surface area contributed by atoms with Crippen LogP contribution in [0.4, 0.5) is 0 Å². The predicted octanol–water partition coefficient (Wildman–Crippen LogP) is 2.83. The Kier molecular flexibility index (Phi) is 7.95. The fourth-order valence-corrected chi connectivity index (χ4v) is 2.97. The number of guanidine groups is 1. The van der Waals surface area contributed by atoms with Crippen molar-refractivity contribution in [1.82, 2.24) is 15.5 Å². The topological polar surface area (TPSA) is 39.7 Å². The lowest BCUT2D eigenvalue weighted by molar-refractivity contribution is 0.334. The van der Waals surface area contributed by atoms with Crippen molar-refractivity contribution in [1.29, 1.82) is 0 Å². The fraction of sp³-hybridized carbons (Fsp3) is 0.632. The van der Waals surface area contributed by atoms with Crippen LogP contribution in [0.25, 0.3) is 0 Å². The Hall–Kier alpha value is -1.55. The van der Waals surface area contributed by atoms with Crippen molar-refractivity contribution in [2.24, 2.45) is 4.99 Å². The molecule has 1 aromatic carbocycles. The third-order valence-electron chi connectivity index (χ3n) is 4.38. The number of hydrogen-bond acceptors (Lipinski definition) is 2. The zero-order chi connectivity index (χ0) is 16.3. The van der Waals surface area contributed by atoms with E-state index in [-0.39, 0.29) is 0 Å². The van der Waals surface area contributed by atoms with Crippen LogP contribution in [0.2, 0.25) is 0 Å². The quantitative estimate of drug-likeness (QED) is 0.440. The lowest BCUT2D eigenvalue weighted by Gasteiger charge is -2.16. The number of benzene rings is 1. The van der Waals surface area contributed by atoms with E-state index in [1.54, 1.807) is 0 Å². The summed E-state index contributed by atoms with van der Waals surface area (Å²) in [7, 11) is 0. The van der Waals surface area contributed by atoms with Gasteiger partial charge in [-0.15, -0.1) is 0 Å². The first kappa shape index (κ1) is 17.8. The maximum absolute atomic E-state index is 4.74. The molecule has 1 atom stereocenters. The number of aliphatic imine (C=N–C) groups is 1. The molecule has 1 saturated heterocycles. The Morgan fingerprint density at radius 3 is 2.61 bits per heavy atom. The van der Waals surface area contributed by atoms with Crippen LogP contribution in [0, 0.1) is 0 Å². The zero-order valence-corrected chi connectivity index (χ0v) is 14.7. The molecule has 1 unspecified atom stereocenters. The number of hydrogen-bond donors (Lipinski definition) is 2. The average Bonchev–Trinajstić information content (AvgIpc) is 3.10. The molecule has 1 fully saturated rings. The van der Waals surface area contributed by atoms with Gasteiger partial charge < -0.3 is 15.5 Å². The summed E-state index contributed by atoms with van der Waals surface area (Å²) in [6.07, 6.45) is 3.92. The standard InChI is InChI=1S/C19H32N4/c1-3-20-19(21-12-9-15-23-13-7-8-14-23)22-16-17(2)18-10-5-4-6-11-18/h4-6,10-11,17H,3,7-9,12-16H2,1-2H3,(H2,20,21,22). The molecule has 0 aliphatic carbocycles. The summed E-state index contributed by atoms with van der Waals surface area (Å²) in [6, 6.07) is 10.6. The molecule has 4 heteroatoms. The van der Waals surface area contributed by atoms with Crippen molar-refractivity contribution in [3.05, 3.63) is 35.9 Å². The molecule has 2 rings (SSSR count). The molecule has 1 aromatic rings. The van der Waals surface area contributed by atoms with E-state index in [0.717, 1.165) is 25.6 Å². The summed E-state index contributed by atoms with van der Waals surface area (Å²) >= 11 is 0. The summed E-state index contributed by atoms with van der Waals surface area (Å²) in [5, 5.41) is 6.81. The van der Waals surface area contributed by atoms with Crippen molar-refractivity contribution in [3.63, 3.8) is 0 Å². The average molecular weight is 316 g/mol. The van der Waals surface area contributed by atoms with E-state index in [4.69, 9.17) is 4.99 Å². The molecule has 0 aromatic heterocycles. The molecular weight excluding hydrogens is 284 g/mol. The SMILES string of the molecule is CCNC(=NCC(C)c1ccccc1)NCCCN1CCCC1. The van der Waals surface area contributed by atoms with Crippen molar-refractivity contribution in [2.45, 2.75) is 39.0 Å². The molecule has 2 N–H and O–H groups in total. The van der Waals surface area contributed by atoms with Gasteiger partial charge in [0.2, 0.25) is 0 Å².